The molecule has 3 rings (SSSR count). The van der Waals surface area contributed by atoms with E-state index in [1.54, 1.807) is 36.4 Å². The number of hydrogen-bond donors (Lipinski definition) is 2. The molecule has 0 fully saturated rings. The number of methoxy groups -OCH3 is 2. The van der Waals surface area contributed by atoms with Crippen LogP contribution in [0.1, 0.15) is 15.9 Å². The lowest BCUT2D eigenvalue weighted by atomic mass is 10.2. The van der Waals surface area contributed by atoms with Gasteiger partial charge in [-0.3, -0.25) is 9.59 Å². The third-order valence-corrected chi connectivity index (χ3v) is 4.88. The predicted octanol–water partition coefficient (Wildman–Crippen LogP) is 3.33. The van der Waals surface area contributed by atoms with Gasteiger partial charge in [-0.25, -0.2) is 9.18 Å². The summed E-state index contributed by atoms with van der Waals surface area (Å²) in [5.41, 5.74) is 1.33. The molecule has 2 N–H and O–H groups in total. The number of amides is 2. The Hall–Kier alpha value is -4.60. The minimum absolute atomic E-state index is 0.129. The maximum atomic E-state index is 12.9. The number of hydrogen-bond acceptors (Lipinski definition) is 7. The molecule has 0 bridgehead atoms. The van der Waals surface area contributed by atoms with E-state index in [0.717, 1.165) is 0 Å². The van der Waals surface area contributed by atoms with Crippen LogP contribution in [-0.4, -0.2) is 45.2 Å². The fourth-order valence-corrected chi connectivity index (χ4v) is 3.06. The number of rotatable bonds is 11. The molecular weight excluding hydrogens is 471 g/mol. The van der Waals surface area contributed by atoms with Crippen LogP contribution in [0.5, 0.6) is 17.2 Å². The Balaban J connectivity index is 1.50. The molecule has 2 amide bonds. The quantitative estimate of drug-likeness (QED) is 0.392. The first kappa shape index (κ1) is 26.0. The van der Waals surface area contributed by atoms with E-state index in [-0.39, 0.29) is 36.0 Å². The predicted molar refractivity (Wildman–Crippen MR) is 129 cm³/mol. The van der Waals surface area contributed by atoms with Crippen LogP contribution < -0.4 is 24.8 Å². The van der Waals surface area contributed by atoms with Crippen LogP contribution in [-0.2, 0) is 20.9 Å². The van der Waals surface area contributed by atoms with E-state index < -0.39 is 24.4 Å². The number of carbonyl (C=O) groups excluding carboxylic acids is 3. The zero-order valence-corrected chi connectivity index (χ0v) is 19.7. The van der Waals surface area contributed by atoms with Crippen molar-refractivity contribution >= 4 is 23.5 Å². The highest BCUT2D eigenvalue weighted by molar-refractivity contribution is 5.94. The molecule has 0 aromatic heterocycles. The molecule has 0 heterocycles. The first-order valence-corrected chi connectivity index (χ1v) is 10.8. The normalized spacial score (nSPS) is 10.2. The average molecular weight is 496 g/mol. The maximum Gasteiger partial charge on any atom is 0.338 e. The van der Waals surface area contributed by atoms with E-state index in [1.165, 1.54) is 44.6 Å². The number of para-hydroxylation sites is 2. The van der Waals surface area contributed by atoms with Gasteiger partial charge in [-0.15, -0.1) is 0 Å². The second kappa shape index (κ2) is 12.7. The summed E-state index contributed by atoms with van der Waals surface area (Å²) >= 11 is 0. The monoisotopic (exact) mass is 496 g/mol. The van der Waals surface area contributed by atoms with E-state index in [2.05, 4.69) is 10.6 Å². The molecule has 3 aromatic rings. The SMILES string of the molecule is COc1ccccc1NC(=O)COc1ccc(C(=O)OCC(=O)NCc2ccc(F)cc2)cc1OC. The van der Waals surface area contributed by atoms with Gasteiger partial charge in [0.25, 0.3) is 11.8 Å². The number of carbonyl (C=O) groups is 3. The smallest absolute Gasteiger partial charge is 0.338 e. The summed E-state index contributed by atoms with van der Waals surface area (Å²) in [5.74, 6) is -1.10. The molecule has 0 saturated carbocycles. The lowest BCUT2D eigenvalue weighted by Gasteiger charge is -2.13. The largest absolute Gasteiger partial charge is 0.495 e. The second-order valence-electron chi connectivity index (χ2n) is 7.38. The number of anilines is 1. The van der Waals surface area contributed by atoms with Gasteiger partial charge in [-0.1, -0.05) is 24.3 Å². The lowest BCUT2D eigenvalue weighted by molar-refractivity contribution is -0.124. The molecule has 0 aliphatic rings. The van der Waals surface area contributed by atoms with Crippen molar-refractivity contribution < 1.29 is 37.7 Å². The summed E-state index contributed by atoms with van der Waals surface area (Å²) in [6.07, 6.45) is 0. The zero-order chi connectivity index (χ0) is 25.9. The number of halogens is 1. The standard InChI is InChI=1S/C26H25FN2O7/c1-33-21-6-4-3-5-20(21)29-25(31)16-35-22-12-9-18(13-23(22)34-2)26(32)36-15-24(30)28-14-17-7-10-19(27)11-8-17/h3-13H,14-16H2,1-2H3,(H,28,30)(H,29,31). The van der Waals surface area contributed by atoms with Crippen molar-refractivity contribution in [3.8, 4) is 17.2 Å². The molecule has 3 aromatic carbocycles. The Morgan fingerprint density at radius 3 is 2.25 bits per heavy atom. The molecule has 0 radical (unpaired) electrons. The van der Waals surface area contributed by atoms with Crippen LogP contribution in [0.15, 0.2) is 66.7 Å². The Morgan fingerprint density at radius 1 is 0.806 bits per heavy atom. The van der Waals surface area contributed by atoms with Crippen LogP contribution in [0, 0.1) is 5.82 Å². The van der Waals surface area contributed by atoms with E-state index in [1.807, 2.05) is 0 Å². The molecule has 0 saturated heterocycles. The molecule has 36 heavy (non-hydrogen) atoms. The van der Waals surface area contributed by atoms with Gasteiger partial charge in [0.2, 0.25) is 0 Å². The maximum absolute atomic E-state index is 12.9. The number of ether oxygens (including phenoxy) is 4. The lowest BCUT2D eigenvalue weighted by Crippen LogP contribution is -2.28. The molecule has 9 nitrogen and oxygen atoms in total. The molecular formula is C26H25FN2O7. The summed E-state index contributed by atoms with van der Waals surface area (Å²) < 4.78 is 34.0. The average Bonchev–Trinajstić information content (AvgIpc) is 2.90. The summed E-state index contributed by atoms with van der Waals surface area (Å²) in [4.78, 5) is 36.6. The molecule has 188 valence electrons. The first-order chi connectivity index (χ1) is 17.4. The zero-order valence-electron chi connectivity index (χ0n) is 19.7. The molecule has 0 spiro atoms. The molecule has 0 atom stereocenters. The highest BCUT2D eigenvalue weighted by Gasteiger charge is 2.15. The van der Waals surface area contributed by atoms with Crippen molar-refractivity contribution in [2.24, 2.45) is 0 Å². The van der Waals surface area contributed by atoms with Crippen molar-refractivity contribution in [2.45, 2.75) is 6.54 Å². The van der Waals surface area contributed by atoms with Crippen molar-refractivity contribution in [1.29, 1.82) is 0 Å². The van der Waals surface area contributed by atoms with Gasteiger partial charge >= 0.3 is 5.97 Å². The first-order valence-electron chi connectivity index (χ1n) is 10.8. The summed E-state index contributed by atoms with van der Waals surface area (Å²) in [6.45, 7) is -0.642. The second-order valence-corrected chi connectivity index (χ2v) is 7.38. The fourth-order valence-electron chi connectivity index (χ4n) is 3.06. The van der Waals surface area contributed by atoms with Gasteiger partial charge in [0.05, 0.1) is 25.5 Å². The highest BCUT2D eigenvalue weighted by atomic mass is 19.1. The van der Waals surface area contributed by atoms with E-state index in [4.69, 9.17) is 18.9 Å². The third-order valence-electron chi connectivity index (χ3n) is 4.88. The Kier molecular flexibility index (Phi) is 9.21. The van der Waals surface area contributed by atoms with E-state index in [0.29, 0.717) is 17.0 Å². The molecule has 0 unspecified atom stereocenters. The van der Waals surface area contributed by atoms with E-state index in [9.17, 15) is 18.8 Å². The minimum atomic E-state index is -0.745. The Labute approximate surface area is 207 Å². The van der Waals surface area contributed by atoms with Gasteiger partial charge in [0.1, 0.15) is 11.6 Å². The van der Waals surface area contributed by atoms with Crippen molar-refractivity contribution in [2.75, 3.05) is 32.8 Å². The van der Waals surface area contributed by atoms with Gasteiger partial charge in [0, 0.05) is 6.54 Å². The van der Waals surface area contributed by atoms with Crippen molar-refractivity contribution in [3.63, 3.8) is 0 Å². The summed E-state index contributed by atoms with van der Waals surface area (Å²) in [7, 11) is 2.88. The van der Waals surface area contributed by atoms with Crippen LogP contribution >= 0.6 is 0 Å². The third kappa shape index (κ3) is 7.45. The fraction of sp³-hybridized carbons (Fsp3) is 0.192. The Morgan fingerprint density at radius 2 is 1.53 bits per heavy atom. The van der Waals surface area contributed by atoms with Crippen LogP contribution in [0.3, 0.4) is 0 Å². The number of esters is 1. The van der Waals surface area contributed by atoms with Crippen LogP contribution in [0.25, 0.3) is 0 Å². The van der Waals surface area contributed by atoms with Crippen LogP contribution in [0.4, 0.5) is 10.1 Å². The van der Waals surface area contributed by atoms with E-state index >= 15 is 0 Å². The minimum Gasteiger partial charge on any atom is -0.495 e. The van der Waals surface area contributed by atoms with Crippen LogP contribution in [0.2, 0.25) is 0 Å². The molecule has 10 heteroatoms. The topological polar surface area (TPSA) is 112 Å². The Bertz CT molecular complexity index is 1220. The highest BCUT2D eigenvalue weighted by Crippen LogP contribution is 2.29. The van der Waals surface area contributed by atoms with Gasteiger partial charge < -0.3 is 29.6 Å². The van der Waals surface area contributed by atoms with Crippen molar-refractivity contribution in [3.05, 3.63) is 83.7 Å². The van der Waals surface area contributed by atoms with Gasteiger partial charge in [0.15, 0.2) is 24.7 Å². The number of nitrogens with one attached hydrogen (secondary N) is 2. The van der Waals surface area contributed by atoms with Gasteiger partial charge in [-0.2, -0.15) is 0 Å². The molecule has 0 aliphatic heterocycles. The number of benzene rings is 3. The summed E-state index contributed by atoms with van der Waals surface area (Å²) in [6, 6.07) is 16.9. The van der Waals surface area contributed by atoms with Crippen molar-refractivity contribution in [1.82, 2.24) is 5.32 Å². The summed E-state index contributed by atoms with van der Waals surface area (Å²) in [5, 5.41) is 5.27. The van der Waals surface area contributed by atoms with Gasteiger partial charge in [-0.05, 0) is 48.0 Å². The molecule has 0 aliphatic carbocycles.